The van der Waals surface area contributed by atoms with Crippen molar-refractivity contribution in [3.8, 4) is 10.6 Å². The summed E-state index contributed by atoms with van der Waals surface area (Å²) in [5.74, 6) is -0.0576. The lowest BCUT2D eigenvalue weighted by Gasteiger charge is -2.10. The molecule has 0 unspecified atom stereocenters. The molecule has 3 nitrogen and oxygen atoms in total. The Kier molecular flexibility index (Phi) is 4.53. The maximum atomic E-state index is 12.4. The topological polar surface area (TPSA) is 42.0 Å². The largest absolute Gasteiger partial charge is 0.348 e. The average molecular weight is 322 g/mol. The van der Waals surface area contributed by atoms with Gasteiger partial charge in [0.15, 0.2) is 0 Å². The number of hydrogen-bond donors (Lipinski definition) is 1. The van der Waals surface area contributed by atoms with Crippen LogP contribution in [0.3, 0.4) is 0 Å². The van der Waals surface area contributed by atoms with Gasteiger partial charge in [0, 0.05) is 18.3 Å². The van der Waals surface area contributed by atoms with Crippen LogP contribution in [0.25, 0.3) is 10.6 Å². The first-order chi connectivity index (χ1) is 11.1. The average Bonchev–Trinajstić information content (AvgIpc) is 3.06. The van der Waals surface area contributed by atoms with Gasteiger partial charge < -0.3 is 5.32 Å². The summed E-state index contributed by atoms with van der Waals surface area (Å²) in [7, 11) is 0. The van der Waals surface area contributed by atoms with E-state index in [1.807, 2.05) is 55.6 Å². The molecule has 0 saturated heterocycles. The molecule has 0 radical (unpaired) electrons. The zero-order valence-electron chi connectivity index (χ0n) is 13.2. The van der Waals surface area contributed by atoms with Gasteiger partial charge >= 0.3 is 0 Å². The normalized spacial score (nSPS) is 10.5. The van der Waals surface area contributed by atoms with Gasteiger partial charge in [-0.15, -0.1) is 11.3 Å². The fourth-order valence-electron chi connectivity index (χ4n) is 2.60. The number of carbonyl (C=O) groups excluding carboxylic acids is 1. The van der Waals surface area contributed by atoms with Crippen molar-refractivity contribution in [1.29, 1.82) is 0 Å². The van der Waals surface area contributed by atoms with E-state index < -0.39 is 0 Å². The van der Waals surface area contributed by atoms with Gasteiger partial charge in [0.05, 0.1) is 10.6 Å². The minimum Gasteiger partial charge on any atom is -0.348 e. The van der Waals surface area contributed by atoms with Crippen LogP contribution in [0.1, 0.15) is 27.0 Å². The molecule has 1 aromatic carbocycles. The maximum absolute atomic E-state index is 12.4. The van der Waals surface area contributed by atoms with E-state index in [-0.39, 0.29) is 5.91 Å². The van der Waals surface area contributed by atoms with Crippen molar-refractivity contribution >= 4 is 17.2 Å². The zero-order chi connectivity index (χ0) is 16.2. The summed E-state index contributed by atoms with van der Waals surface area (Å²) in [6, 6.07) is 13.8. The highest BCUT2D eigenvalue weighted by Crippen LogP contribution is 2.25. The Morgan fingerprint density at radius 3 is 2.61 bits per heavy atom. The highest BCUT2D eigenvalue weighted by molar-refractivity contribution is 7.13. The predicted molar refractivity (Wildman–Crippen MR) is 94.6 cm³/mol. The van der Waals surface area contributed by atoms with E-state index in [1.54, 1.807) is 17.5 Å². The van der Waals surface area contributed by atoms with Crippen LogP contribution in [0.2, 0.25) is 0 Å². The van der Waals surface area contributed by atoms with Gasteiger partial charge in [0.25, 0.3) is 5.91 Å². The number of aromatic nitrogens is 1. The SMILES string of the molecule is Cc1cc(C)cc(C(=O)NCc2cccnc2-c2cccs2)c1. The van der Waals surface area contributed by atoms with Crippen LogP contribution in [0.4, 0.5) is 0 Å². The highest BCUT2D eigenvalue weighted by atomic mass is 32.1. The lowest BCUT2D eigenvalue weighted by Crippen LogP contribution is -2.23. The molecule has 116 valence electrons. The summed E-state index contributed by atoms with van der Waals surface area (Å²) in [6.07, 6.45) is 1.78. The summed E-state index contributed by atoms with van der Waals surface area (Å²) in [5.41, 5.74) is 4.84. The molecule has 4 heteroatoms. The van der Waals surface area contributed by atoms with Gasteiger partial charge in [-0.05, 0) is 49.1 Å². The number of nitrogens with one attached hydrogen (secondary N) is 1. The van der Waals surface area contributed by atoms with Gasteiger partial charge in [-0.3, -0.25) is 9.78 Å². The number of nitrogens with zero attached hydrogens (tertiary/aromatic N) is 1. The van der Waals surface area contributed by atoms with E-state index in [4.69, 9.17) is 0 Å². The number of carbonyl (C=O) groups is 1. The molecule has 0 fully saturated rings. The third-order valence-corrected chi connectivity index (χ3v) is 4.45. The Balaban J connectivity index is 1.77. The summed E-state index contributed by atoms with van der Waals surface area (Å²) < 4.78 is 0. The van der Waals surface area contributed by atoms with Gasteiger partial charge in [-0.25, -0.2) is 0 Å². The first kappa shape index (κ1) is 15.4. The minimum absolute atomic E-state index is 0.0576. The van der Waals surface area contributed by atoms with Gasteiger partial charge in [-0.2, -0.15) is 0 Å². The Bertz CT molecular complexity index is 805. The Morgan fingerprint density at radius 1 is 1.13 bits per heavy atom. The molecule has 2 heterocycles. The van der Waals surface area contributed by atoms with Crippen LogP contribution >= 0.6 is 11.3 Å². The van der Waals surface area contributed by atoms with E-state index in [2.05, 4.69) is 16.4 Å². The van der Waals surface area contributed by atoms with Crippen molar-refractivity contribution in [2.75, 3.05) is 0 Å². The van der Waals surface area contributed by atoms with Gasteiger partial charge in [0.2, 0.25) is 0 Å². The van der Waals surface area contributed by atoms with E-state index in [1.165, 1.54) is 0 Å². The summed E-state index contributed by atoms with van der Waals surface area (Å²) in [5, 5.41) is 5.03. The number of benzene rings is 1. The molecule has 0 saturated carbocycles. The monoisotopic (exact) mass is 322 g/mol. The van der Waals surface area contributed by atoms with Crippen molar-refractivity contribution in [3.05, 3.63) is 76.3 Å². The molecule has 0 atom stereocenters. The molecular formula is C19H18N2OS. The smallest absolute Gasteiger partial charge is 0.251 e. The van der Waals surface area contributed by atoms with Crippen LogP contribution in [-0.2, 0) is 6.54 Å². The van der Waals surface area contributed by atoms with Crippen molar-refractivity contribution in [2.45, 2.75) is 20.4 Å². The maximum Gasteiger partial charge on any atom is 0.251 e. The van der Waals surface area contributed by atoms with E-state index >= 15 is 0 Å². The molecule has 0 bridgehead atoms. The van der Waals surface area contributed by atoms with Gasteiger partial charge in [-0.1, -0.05) is 29.3 Å². The highest BCUT2D eigenvalue weighted by Gasteiger charge is 2.10. The molecule has 3 rings (SSSR count). The first-order valence-electron chi connectivity index (χ1n) is 7.48. The molecule has 1 amide bonds. The van der Waals surface area contributed by atoms with Crippen LogP contribution in [-0.4, -0.2) is 10.9 Å². The van der Waals surface area contributed by atoms with Gasteiger partial charge in [0.1, 0.15) is 0 Å². The minimum atomic E-state index is -0.0576. The van der Waals surface area contributed by atoms with Crippen LogP contribution in [0.5, 0.6) is 0 Å². The van der Waals surface area contributed by atoms with E-state index in [0.717, 1.165) is 27.3 Å². The predicted octanol–water partition coefficient (Wildman–Crippen LogP) is 4.36. The third-order valence-electron chi connectivity index (χ3n) is 3.57. The summed E-state index contributed by atoms with van der Waals surface area (Å²) in [6.45, 7) is 4.46. The second-order valence-electron chi connectivity index (χ2n) is 5.55. The van der Waals surface area contributed by atoms with E-state index in [0.29, 0.717) is 12.1 Å². The quantitative estimate of drug-likeness (QED) is 0.775. The van der Waals surface area contributed by atoms with Crippen LogP contribution < -0.4 is 5.32 Å². The summed E-state index contributed by atoms with van der Waals surface area (Å²) >= 11 is 1.65. The van der Waals surface area contributed by atoms with E-state index in [9.17, 15) is 4.79 Å². The van der Waals surface area contributed by atoms with Crippen LogP contribution in [0.15, 0.2) is 54.0 Å². The molecule has 3 aromatic rings. The summed E-state index contributed by atoms with van der Waals surface area (Å²) in [4.78, 5) is 18.0. The number of pyridine rings is 1. The Labute approximate surface area is 140 Å². The second-order valence-corrected chi connectivity index (χ2v) is 6.50. The van der Waals surface area contributed by atoms with Crippen molar-refractivity contribution < 1.29 is 4.79 Å². The third kappa shape index (κ3) is 3.66. The molecule has 2 aromatic heterocycles. The fraction of sp³-hybridized carbons (Fsp3) is 0.158. The number of thiophene rings is 1. The number of rotatable bonds is 4. The van der Waals surface area contributed by atoms with Crippen LogP contribution in [0, 0.1) is 13.8 Å². The molecule has 0 spiro atoms. The Hall–Kier alpha value is -2.46. The molecule has 0 aliphatic rings. The van der Waals surface area contributed by atoms with Crippen molar-refractivity contribution in [1.82, 2.24) is 10.3 Å². The molecular weight excluding hydrogens is 304 g/mol. The first-order valence-corrected chi connectivity index (χ1v) is 8.36. The van der Waals surface area contributed by atoms with Crippen molar-refractivity contribution in [2.24, 2.45) is 0 Å². The number of hydrogen-bond acceptors (Lipinski definition) is 3. The molecule has 0 aliphatic carbocycles. The fourth-order valence-corrected chi connectivity index (χ4v) is 3.36. The number of amides is 1. The lowest BCUT2D eigenvalue weighted by molar-refractivity contribution is 0.0951. The molecule has 0 aliphatic heterocycles. The van der Waals surface area contributed by atoms with Crippen molar-refractivity contribution in [3.63, 3.8) is 0 Å². The molecule has 23 heavy (non-hydrogen) atoms. The number of aryl methyl sites for hydroxylation is 2. The second kappa shape index (κ2) is 6.75. The standard InChI is InChI=1S/C19H18N2OS/c1-13-9-14(2)11-16(10-13)19(22)21-12-15-5-3-7-20-18(15)17-6-4-8-23-17/h3-11H,12H2,1-2H3,(H,21,22). The zero-order valence-corrected chi connectivity index (χ0v) is 14.0. The molecule has 1 N–H and O–H groups in total. The lowest BCUT2D eigenvalue weighted by atomic mass is 10.1. The Morgan fingerprint density at radius 2 is 1.91 bits per heavy atom.